The molecule has 90 valence electrons. The van der Waals surface area contributed by atoms with Crippen molar-refractivity contribution in [3.63, 3.8) is 0 Å². The van der Waals surface area contributed by atoms with Crippen molar-refractivity contribution in [1.82, 2.24) is 0 Å². The van der Waals surface area contributed by atoms with Crippen molar-refractivity contribution in [3.05, 3.63) is 58.7 Å². The molecule has 0 saturated heterocycles. The van der Waals surface area contributed by atoms with Gasteiger partial charge in [0.15, 0.2) is 0 Å². The van der Waals surface area contributed by atoms with Crippen molar-refractivity contribution in [2.45, 2.75) is 25.7 Å². The van der Waals surface area contributed by atoms with Crippen molar-refractivity contribution < 1.29 is 0 Å². The first-order valence-electron chi connectivity index (χ1n) is 7.11. The highest BCUT2D eigenvalue weighted by atomic mass is 14.4. The van der Waals surface area contributed by atoms with Crippen LogP contribution in [0, 0.1) is 11.8 Å². The first-order valence-corrected chi connectivity index (χ1v) is 7.11. The molecule has 0 radical (unpaired) electrons. The molecule has 1 aromatic rings. The lowest BCUT2D eigenvalue weighted by atomic mass is 9.80. The van der Waals surface area contributed by atoms with Crippen molar-refractivity contribution in [2.75, 3.05) is 0 Å². The van der Waals surface area contributed by atoms with Crippen molar-refractivity contribution in [3.8, 4) is 0 Å². The van der Waals surface area contributed by atoms with Gasteiger partial charge < -0.3 is 0 Å². The summed E-state index contributed by atoms with van der Waals surface area (Å²) in [5, 5.41) is 0. The molecular formula is C18H18. The number of benzene rings is 1. The van der Waals surface area contributed by atoms with Gasteiger partial charge in [0, 0.05) is 5.92 Å². The molecule has 0 bridgehead atoms. The molecule has 18 heavy (non-hydrogen) atoms. The number of allylic oxidation sites excluding steroid dienone is 4. The van der Waals surface area contributed by atoms with Crippen LogP contribution in [0.3, 0.4) is 0 Å². The van der Waals surface area contributed by atoms with Crippen molar-refractivity contribution >= 4 is 12.2 Å². The average molecular weight is 234 g/mol. The Balaban J connectivity index is 1.83. The minimum absolute atomic E-state index is 0.646. The molecule has 1 fully saturated rings. The Kier molecular flexibility index (Phi) is 2.29. The van der Waals surface area contributed by atoms with Crippen LogP contribution in [-0.2, 0) is 0 Å². The summed E-state index contributed by atoms with van der Waals surface area (Å²) in [5.41, 5.74) is 5.99. The van der Waals surface area contributed by atoms with Gasteiger partial charge in [-0.2, -0.15) is 0 Å². The third-order valence-corrected chi connectivity index (χ3v) is 4.68. The summed E-state index contributed by atoms with van der Waals surface area (Å²) in [4.78, 5) is 0. The molecule has 2 unspecified atom stereocenters. The zero-order valence-corrected chi connectivity index (χ0v) is 10.6. The summed E-state index contributed by atoms with van der Waals surface area (Å²) >= 11 is 0. The lowest BCUT2D eigenvalue weighted by Crippen LogP contribution is -2.13. The molecule has 0 aromatic heterocycles. The van der Waals surface area contributed by atoms with Gasteiger partial charge in [0.05, 0.1) is 0 Å². The number of rotatable bonds is 0. The predicted octanol–water partition coefficient (Wildman–Crippen LogP) is 4.84. The van der Waals surface area contributed by atoms with Gasteiger partial charge in [0.25, 0.3) is 0 Å². The standard InChI is InChI=1S/C18H18/c1-2-6-14-11-16-12-15-7-3-4-8-17(15)18(16)10-9-13(14)5-1/h1-2,5-6,9-12,17-18H,3-4,7-8H2. The Hall–Kier alpha value is -1.56. The van der Waals surface area contributed by atoms with E-state index in [-0.39, 0.29) is 0 Å². The predicted molar refractivity (Wildman–Crippen MR) is 77.0 cm³/mol. The van der Waals surface area contributed by atoms with Gasteiger partial charge in [-0.3, -0.25) is 0 Å². The second-order valence-corrected chi connectivity index (χ2v) is 5.73. The minimum Gasteiger partial charge on any atom is -0.0758 e. The van der Waals surface area contributed by atoms with E-state index in [0.29, 0.717) is 5.92 Å². The van der Waals surface area contributed by atoms with Gasteiger partial charge in [-0.15, -0.1) is 0 Å². The Labute approximate surface area is 109 Å². The fraction of sp³-hybridized carbons (Fsp3) is 0.333. The molecular weight excluding hydrogens is 216 g/mol. The molecule has 0 heterocycles. The summed E-state index contributed by atoms with van der Waals surface area (Å²) in [7, 11) is 0. The van der Waals surface area contributed by atoms with Crippen LogP contribution in [0.4, 0.5) is 0 Å². The highest BCUT2D eigenvalue weighted by Crippen LogP contribution is 2.46. The van der Waals surface area contributed by atoms with E-state index in [0.717, 1.165) is 5.92 Å². The van der Waals surface area contributed by atoms with E-state index in [1.54, 1.807) is 5.57 Å². The molecule has 4 rings (SSSR count). The fourth-order valence-electron chi connectivity index (χ4n) is 3.76. The van der Waals surface area contributed by atoms with Gasteiger partial charge >= 0.3 is 0 Å². The number of hydrogen-bond donors (Lipinski definition) is 0. The third kappa shape index (κ3) is 1.52. The lowest BCUT2D eigenvalue weighted by Gasteiger charge is -2.25. The third-order valence-electron chi connectivity index (χ3n) is 4.68. The molecule has 0 spiro atoms. The van der Waals surface area contributed by atoms with E-state index in [1.165, 1.54) is 42.4 Å². The van der Waals surface area contributed by atoms with Crippen LogP contribution in [0.15, 0.2) is 47.6 Å². The van der Waals surface area contributed by atoms with Crippen LogP contribution in [0.5, 0.6) is 0 Å². The molecule has 1 aromatic carbocycles. The SMILES string of the molecule is C1=CC2C(=Cc3ccccc31)C=C1CCCCC12. The van der Waals surface area contributed by atoms with E-state index < -0.39 is 0 Å². The molecule has 0 N–H and O–H groups in total. The Morgan fingerprint density at radius 3 is 2.78 bits per heavy atom. The molecule has 3 aliphatic rings. The zero-order valence-electron chi connectivity index (χ0n) is 10.6. The van der Waals surface area contributed by atoms with Crippen molar-refractivity contribution in [2.24, 2.45) is 11.8 Å². The Morgan fingerprint density at radius 2 is 1.83 bits per heavy atom. The Bertz CT molecular complexity index is 571. The first-order chi connectivity index (χ1) is 8.92. The van der Waals surface area contributed by atoms with Crippen LogP contribution in [0.2, 0.25) is 0 Å². The van der Waals surface area contributed by atoms with Crippen LogP contribution < -0.4 is 0 Å². The summed E-state index contributed by atoms with van der Waals surface area (Å²) in [6.07, 6.45) is 15.2. The van der Waals surface area contributed by atoms with Crippen LogP contribution in [-0.4, -0.2) is 0 Å². The maximum atomic E-state index is 2.49. The van der Waals surface area contributed by atoms with Gasteiger partial charge in [0.1, 0.15) is 0 Å². The zero-order chi connectivity index (χ0) is 11.9. The molecule has 2 atom stereocenters. The molecule has 3 aliphatic carbocycles. The summed E-state index contributed by atoms with van der Waals surface area (Å²) in [5.74, 6) is 1.45. The second kappa shape index (κ2) is 3.98. The molecule has 0 heteroatoms. The maximum absolute atomic E-state index is 2.49. The number of hydrogen-bond acceptors (Lipinski definition) is 0. The average Bonchev–Trinajstić information content (AvgIpc) is 2.65. The molecule has 1 saturated carbocycles. The monoisotopic (exact) mass is 234 g/mol. The lowest BCUT2D eigenvalue weighted by molar-refractivity contribution is 0.419. The summed E-state index contributed by atoms with van der Waals surface area (Å²) in [6, 6.07) is 8.72. The van der Waals surface area contributed by atoms with E-state index in [9.17, 15) is 0 Å². The quantitative estimate of drug-likeness (QED) is 0.602. The van der Waals surface area contributed by atoms with Crippen LogP contribution in [0.1, 0.15) is 36.8 Å². The van der Waals surface area contributed by atoms with Gasteiger partial charge in [-0.05, 0) is 41.9 Å². The van der Waals surface area contributed by atoms with Gasteiger partial charge in [-0.25, -0.2) is 0 Å². The van der Waals surface area contributed by atoms with Gasteiger partial charge in [0.2, 0.25) is 0 Å². The molecule has 0 nitrogen and oxygen atoms in total. The summed E-state index contributed by atoms with van der Waals surface area (Å²) < 4.78 is 0. The largest absolute Gasteiger partial charge is 0.0758 e. The van der Waals surface area contributed by atoms with Crippen LogP contribution in [0.25, 0.3) is 12.2 Å². The van der Waals surface area contributed by atoms with Crippen molar-refractivity contribution in [1.29, 1.82) is 0 Å². The Morgan fingerprint density at radius 1 is 0.944 bits per heavy atom. The second-order valence-electron chi connectivity index (χ2n) is 5.73. The molecule has 0 aliphatic heterocycles. The molecule has 0 amide bonds. The maximum Gasteiger partial charge on any atom is 0.00871 e. The topological polar surface area (TPSA) is 0 Å². The fourth-order valence-corrected chi connectivity index (χ4v) is 3.76. The minimum atomic E-state index is 0.646. The number of fused-ring (bicyclic) bond motifs is 4. The highest BCUT2D eigenvalue weighted by Gasteiger charge is 2.33. The van der Waals surface area contributed by atoms with E-state index in [4.69, 9.17) is 0 Å². The smallest absolute Gasteiger partial charge is 0.00871 e. The van der Waals surface area contributed by atoms with E-state index in [1.807, 2.05) is 0 Å². The van der Waals surface area contributed by atoms with E-state index >= 15 is 0 Å². The van der Waals surface area contributed by atoms with Gasteiger partial charge in [-0.1, -0.05) is 60.6 Å². The first kappa shape index (κ1) is 10.4. The normalized spacial score (nSPS) is 28.7. The highest BCUT2D eigenvalue weighted by molar-refractivity contribution is 5.72. The summed E-state index contributed by atoms with van der Waals surface area (Å²) in [6.45, 7) is 0. The van der Waals surface area contributed by atoms with E-state index in [2.05, 4.69) is 48.6 Å². The van der Waals surface area contributed by atoms with Crippen LogP contribution >= 0.6 is 0 Å².